The molecular weight excluding hydrogens is 362 g/mol. The standard InChI is InChI=1S/C20H31N3O3S/c1-18(21-12-8-3-2-4-9-13-21)20(24)22-14-16-23(17-15-22)27(25,26)19-10-6-5-7-11-19/h5-7,10-11,18H,2-4,8-9,12-17H2,1H3/p+1/t18-/m1/s1. The predicted molar refractivity (Wildman–Crippen MR) is 105 cm³/mol. The highest BCUT2D eigenvalue weighted by Crippen LogP contribution is 2.17. The molecule has 2 saturated heterocycles. The molecule has 2 aliphatic heterocycles. The number of rotatable bonds is 4. The second kappa shape index (κ2) is 9.17. The van der Waals surface area contributed by atoms with Crippen LogP contribution < -0.4 is 4.90 Å². The van der Waals surface area contributed by atoms with Crippen molar-refractivity contribution in [3.05, 3.63) is 30.3 Å². The summed E-state index contributed by atoms with van der Waals surface area (Å²) >= 11 is 0. The van der Waals surface area contributed by atoms with Crippen LogP contribution >= 0.6 is 0 Å². The molecule has 2 aliphatic rings. The van der Waals surface area contributed by atoms with E-state index >= 15 is 0 Å². The molecule has 1 aromatic carbocycles. The molecule has 0 aromatic heterocycles. The Bertz CT molecular complexity index is 707. The van der Waals surface area contributed by atoms with Crippen LogP contribution in [0.5, 0.6) is 0 Å². The maximum atomic E-state index is 13.0. The van der Waals surface area contributed by atoms with Gasteiger partial charge in [0.15, 0.2) is 6.04 Å². The first kappa shape index (κ1) is 20.3. The minimum atomic E-state index is -3.47. The van der Waals surface area contributed by atoms with Crippen LogP contribution in [0.3, 0.4) is 0 Å². The number of nitrogens with zero attached hydrogens (tertiary/aromatic N) is 2. The number of piperazine rings is 1. The summed E-state index contributed by atoms with van der Waals surface area (Å²) in [6, 6.07) is 8.49. The predicted octanol–water partition coefficient (Wildman–Crippen LogP) is 0.757. The van der Waals surface area contributed by atoms with E-state index in [-0.39, 0.29) is 11.9 Å². The third kappa shape index (κ3) is 4.89. The lowest BCUT2D eigenvalue weighted by Crippen LogP contribution is -3.16. The quantitative estimate of drug-likeness (QED) is 0.820. The van der Waals surface area contributed by atoms with Gasteiger partial charge in [0.1, 0.15) is 0 Å². The number of hydrogen-bond acceptors (Lipinski definition) is 3. The summed E-state index contributed by atoms with van der Waals surface area (Å²) in [5, 5.41) is 0. The average molecular weight is 395 g/mol. The second-order valence-corrected chi connectivity index (χ2v) is 9.63. The maximum Gasteiger partial charge on any atom is 0.280 e. The number of sulfonamides is 1. The molecule has 6 nitrogen and oxygen atoms in total. The molecule has 150 valence electrons. The van der Waals surface area contributed by atoms with Gasteiger partial charge in [-0.1, -0.05) is 24.6 Å². The summed E-state index contributed by atoms with van der Waals surface area (Å²) in [5.41, 5.74) is 0. The Hall–Kier alpha value is -1.44. The fourth-order valence-corrected chi connectivity index (χ4v) is 5.57. The highest BCUT2D eigenvalue weighted by Gasteiger charge is 2.34. The van der Waals surface area contributed by atoms with Gasteiger partial charge in [-0.25, -0.2) is 8.42 Å². The summed E-state index contributed by atoms with van der Waals surface area (Å²) in [4.78, 5) is 16.5. The van der Waals surface area contributed by atoms with E-state index in [9.17, 15) is 13.2 Å². The minimum absolute atomic E-state index is 0.0413. The monoisotopic (exact) mass is 394 g/mol. The SMILES string of the molecule is C[C@H](C(=O)N1CCN(S(=O)(=O)c2ccccc2)CC1)[NH+]1CCCCCCC1. The van der Waals surface area contributed by atoms with E-state index in [0.717, 1.165) is 13.1 Å². The Kier molecular flexibility index (Phi) is 6.89. The summed E-state index contributed by atoms with van der Waals surface area (Å²) in [5.74, 6) is 0.169. The number of nitrogens with one attached hydrogen (secondary N) is 1. The first-order chi connectivity index (χ1) is 13.0. The van der Waals surface area contributed by atoms with E-state index < -0.39 is 10.0 Å². The fourth-order valence-electron chi connectivity index (χ4n) is 4.13. The van der Waals surface area contributed by atoms with Gasteiger partial charge in [-0.2, -0.15) is 4.31 Å². The van der Waals surface area contributed by atoms with Gasteiger partial charge < -0.3 is 9.80 Å². The Morgan fingerprint density at radius 1 is 0.926 bits per heavy atom. The lowest BCUT2D eigenvalue weighted by molar-refractivity contribution is -0.915. The van der Waals surface area contributed by atoms with Crippen molar-refractivity contribution < 1.29 is 18.1 Å². The van der Waals surface area contributed by atoms with Crippen molar-refractivity contribution >= 4 is 15.9 Å². The average Bonchev–Trinajstić information content (AvgIpc) is 2.67. The van der Waals surface area contributed by atoms with Gasteiger partial charge in [-0.3, -0.25) is 4.79 Å². The highest BCUT2D eigenvalue weighted by atomic mass is 32.2. The molecule has 3 rings (SSSR count). The van der Waals surface area contributed by atoms with E-state index in [0.29, 0.717) is 31.1 Å². The number of carbonyl (C=O) groups excluding carboxylic acids is 1. The van der Waals surface area contributed by atoms with Gasteiger partial charge in [0.05, 0.1) is 18.0 Å². The van der Waals surface area contributed by atoms with E-state index in [1.54, 1.807) is 24.3 Å². The van der Waals surface area contributed by atoms with Crippen molar-refractivity contribution in [3.8, 4) is 0 Å². The molecule has 0 aliphatic carbocycles. The van der Waals surface area contributed by atoms with E-state index in [1.165, 1.54) is 41.3 Å². The zero-order valence-corrected chi connectivity index (χ0v) is 17.1. The van der Waals surface area contributed by atoms with Gasteiger partial charge in [-0.05, 0) is 44.7 Å². The molecule has 7 heteroatoms. The van der Waals surface area contributed by atoms with Crippen LogP contribution in [0.15, 0.2) is 35.2 Å². The van der Waals surface area contributed by atoms with Gasteiger partial charge in [0.25, 0.3) is 5.91 Å². The van der Waals surface area contributed by atoms with Gasteiger partial charge in [-0.15, -0.1) is 0 Å². The summed E-state index contributed by atoms with van der Waals surface area (Å²) in [6.45, 7) is 5.85. The van der Waals surface area contributed by atoms with Crippen molar-refractivity contribution in [2.75, 3.05) is 39.3 Å². The smallest absolute Gasteiger partial charge is 0.280 e. The van der Waals surface area contributed by atoms with Crippen LogP contribution in [-0.2, 0) is 14.8 Å². The van der Waals surface area contributed by atoms with Crippen molar-refractivity contribution in [2.24, 2.45) is 0 Å². The van der Waals surface area contributed by atoms with Crippen LogP contribution in [0.25, 0.3) is 0 Å². The summed E-state index contributed by atoms with van der Waals surface area (Å²) in [7, 11) is -3.47. The van der Waals surface area contributed by atoms with Crippen molar-refractivity contribution in [3.63, 3.8) is 0 Å². The first-order valence-electron chi connectivity index (χ1n) is 10.2. The van der Waals surface area contributed by atoms with Crippen LogP contribution in [0, 0.1) is 0 Å². The van der Waals surface area contributed by atoms with Crippen LogP contribution in [-0.4, -0.2) is 68.8 Å². The minimum Gasteiger partial charge on any atom is -0.335 e. The molecule has 1 aromatic rings. The van der Waals surface area contributed by atoms with Crippen molar-refractivity contribution in [1.29, 1.82) is 0 Å². The van der Waals surface area contributed by atoms with Gasteiger partial charge in [0.2, 0.25) is 10.0 Å². The van der Waals surface area contributed by atoms with Crippen LogP contribution in [0.2, 0.25) is 0 Å². The Balaban J connectivity index is 1.57. The Morgan fingerprint density at radius 3 is 2.07 bits per heavy atom. The number of hydrogen-bond donors (Lipinski definition) is 1. The largest absolute Gasteiger partial charge is 0.335 e. The topological polar surface area (TPSA) is 62.1 Å². The summed E-state index contributed by atoms with van der Waals surface area (Å²) in [6.07, 6.45) is 6.22. The van der Waals surface area contributed by atoms with Crippen LogP contribution in [0.1, 0.15) is 39.0 Å². The lowest BCUT2D eigenvalue weighted by atomic mass is 10.1. The molecule has 0 bridgehead atoms. The molecule has 0 spiro atoms. The normalized spacial score (nSPS) is 22.0. The van der Waals surface area contributed by atoms with Crippen LogP contribution in [0.4, 0.5) is 0 Å². The molecule has 1 amide bonds. The Labute approximate surface area is 163 Å². The number of carbonyl (C=O) groups is 1. The molecule has 0 unspecified atom stereocenters. The molecule has 2 fully saturated rings. The van der Waals surface area contributed by atoms with Gasteiger partial charge in [0, 0.05) is 26.2 Å². The highest BCUT2D eigenvalue weighted by molar-refractivity contribution is 7.89. The molecule has 0 radical (unpaired) electrons. The number of likely N-dealkylation sites (tertiary alicyclic amines) is 1. The fraction of sp³-hybridized carbons (Fsp3) is 0.650. The molecule has 1 atom stereocenters. The van der Waals surface area contributed by atoms with E-state index in [2.05, 4.69) is 0 Å². The van der Waals surface area contributed by atoms with Crippen molar-refractivity contribution in [1.82, 2.24) is 9.21 Å². The molecule has 27 heavy (non-hydrogen) atoms. The zero-order chi connectivity index (χ0) is 19.3. The maximum absolute atomic E-state index is 13.0. The molecule has 0 saturated carbocycles. The van der Waals surface area contributed by atoms with E-state index in [1.807, 2.05) is 17.9 Å². The molecule has 2 heterocycles. The lowest BCUT2D eigenvalue weighted by Gasteiger charge is -2.36. The molecular formula is C20H32N3O3S+. The molecule has 1 N–H and O–H groups in total. The third-order valence-corrected chi connectivity index (χ3v) is 7.82. The van der Waals surface area contributed by atoms with Gasteiger partial charge >= 0.3 is 0 Å². The Morgan fingerprint density at radius 2 is 1.48 bits per heavy atom. The number of amides is 1. The second-order valence-electron chi connectivity index (χ2n) is 7.69. The zero-order valence-electron chi connectivity index (χ0n) is 16.3. The van der Waals surface area contributed by atoms with Crippen molar-refractivity contribution in [2.45, 2.75) is 50.0 Å². The third-order valence-electron chi connectivity index (χ3n) is 5.91. The summed E-state index contributed by atoms with van der Waals surface area (Å²) < 4.78 is 27.0. The number of quaternary nitrogens is 1. The van der Waals surface area contributed by atoms with E-state index in [4.69, 9.17) is 0 Å². The number of benzene rings is 1. The first-order valence-corrected chi connectivity index (χ1v) is 11.6.